The summed E-state index contributed by atoms with van der Waals surface area (Å²) >= 11 is 0. The van der Waals surface area contributed by atoms with Gasteiger partial charge in [0, 0.05) is 38.8 Å². The molecule has 2 heterocycles. The van der Waals surface area contributed by atoms with Crippen LogP contribution >= 0.6 is 0 Å². The number of benzene rings is 6. The van der Waals surface area contributed by atoms with Gasteiger partial charge >= 0.3 is 0 Å². The molecular formula is C42H30N2. The molecule has 2 nitrogen and oxygen atoms in total. The largest absolute Gasteiger partial charge is 0.309 e. The molecule has 0 N–H and O–H groups in total. The van der Waals surface area contributed by atoms with Crippen molar-refractivity contribution in [3.05, 3.63) is 169 Å². The van der Waals surface area contributed by atoms with Gasteiger partial charge in [0.25, 0.3) is 0 Å². The number of rotatable bonds is 4. The minimum absolute atomic E-state index is 0.409. The van der Waals surface area contributed by atoms with Gasteiger partial charge in [0.2, 0.25) is 0 Å². The van der Waals surface area contributed by atoms with E-state index < -0.39 is 0 Å². The molecule has 2 heteroatoms. The lowest BCUT2D eigenvalue weighted by atomic mass is 9.91. The van der Waals surface area contributed by atoms with Crippen LogP contribution in [0.15, 0.2) is 164 Å². The Labute approximate surface area is 256 Å². The fourth-order valence-electron chi connectivity index (χ4n) is 7.14. The second-order valence-electron chi connectivity index (χ2n) is 11.8. The molecular weight excluding hydrogens is 532 g/mol. The number of nitrogens with zero attached hydrogens (tertiary/aromatic N) is 2. The van der Waals surface area contributed by atoms with Crippen LogP contribution in [0.25, 0.3) is 66.1 Å². The summed E-state index contributed by atoms with van der Waals surface area (Å²) in [5.74, 6) is 0.409. The maximum atomic E-state index is 2.42. The molecule has 8 aromatic rings. The normalized spacial score (nSPS) is 14.8. The minimum atomic E-state index is 0.409. The van der Waals surface area contributed by atoms with Crippen molar-refractivity contribution in [3.63, 3.8) is 0 Å². The van der Waals surface area contributed by atoms with Gasteiger partial charge in [-0.1, -0.05) is 97.1 Å². The monoisotopic (exact) mass is 562 g/mol. The minimum Gasteiger partial charge on any atom is -0.309 e. The van der Waals surface area contributed by atoms with Gasteiger partial charge in [-0.05, 0) is 89.8 Å². The van der Waals surface area contributed by atoms with Crippen LogP contribution in [0, 0.1) is 0 Å². The lowest BCUT2D eigenvalue weighted by Crippen LogP contribution is -1.97. The molecule has 0 radical (unpaired) electrons. The van der Waals surface area contributed by atoms with Crippen molar-refractivity contribution in [2.24, 2.45) is 0 Å². The van der Waals surface area contributed by atoms with E-state index in [1.165, 1.54) is 71.7 Å². The van der Waals surface area contributed by atoms with Gasteiger partial charge in [0.05, 0.1) is 22.1 Å². The number of hydrogen-bond acceptors (Lipinski definition) is 0. The van der Waals surface area contributed by atoms with Gasteiger partial charge in [-0.3, -0.25) is 0 Å². The van der Waals surface area contributed by atoms with Gasteiger partial charge in [0.1, 0.15) is 0 Å². The predicted molar refractivity (Wildman–Crippen MR) is 186 cm³/mol. The van der Waals surface area contributed by atoms with E-state index in [1.807, 2.05) is 0 Å². The SMILES string of the molecule is C1=CCC(c2ccc3c(c2)c2cc(-c4ccc5c(c4)c4ccccc4n5-c4ccccc4)ccc2n3-c2ccccc2)C=C1. The first-order valence-corrected chi connectivity index (χ1v) is 15.4. The summed E-state index contributed by atoms with van der Waals surface area (Å²) in [6.45, 7) is 0. The van der Waals surface area contributed by atoms with Gasteiger partial charge in [0.15, 0.2) is 0 Å². The first kappa shape index (κ1) is 24.9. The molecule has 2 aromatic heterocycles. The molecule has 1 unspecified atom stereocenters. The fourth-order valence-corrected chi connectivity index (χ4v) is 7.14. The third-order valence-corrected chi connectivity index (χ3v) is 9.23. The zero-order valence-electron chi connectivity index (χ0n) is 24.3. The number of para-hydroxylation sites is 3. The lowest BCUT2D eigenvalue weighted by molar-refractivity contribution is 0.855. The predicted octanol–water partition coefficient (Wildman–Crippen LogP) is 11.1. The van der Waals surface area contributed by atoms with Crippen LogP contribution in [0.1, 0.15) is 17.9 Å². The number of fused-ring (bicyclic) bond motifs is 6. The quantitative estimate of drug-likeness (QED) is 0.202. The Morgan fingerprint density at radius 1 is 0.432 bits per heavy atom. The van der Waals surface area contributed by atoms with Crippen molar-refractivity contribution in [2.45, 2.75) is 12.3 Å². The zero-order valence-corrected chi connectivity index (χ0v) is 24.3. The zero-order chi connectivity index (χ0) is 29.0. The van der Waals surface area contributed by atoms with Crippen LogP contribution in [0.4, 0.5) is 0 Å². The maximum absolute atomic E-state index is 2.42. The first-order chi connectivity index (χ1) is 21.8. The molecule has 1 atom stereocenters. The average molecular weight is 563 g/mol. The van der Waals surface area contributed by atoms with Crippen LogP contribution in [-0.2, 0) is 0 Å². The van der Waals surface area contributed by atoms with Crippen molar-refractivity contribution in [1.29, 1.82) is 0 Å². The van der Waals surface area contributed by atoms with Crippen molar-refractivity contribution < 1.29 is 0 Å². The van der Waals surface area contributed by atoms with Crippen LogP contribution in [-0.4, -0.2) is 9.13 Å². The molecule has 0 amide bonds. The highest BCUT2D eigenvalue weighted by Gasteiger charge is 2.18. The molecule has 1 aliphatic carbocycles. The topological polar surface area (TPSA) is 9.86 Å². The van der Waals surface area contributed by atoms with E-state index in [-0.39, 0.29) is 0 Å². The Morgan fingerprint density at radius 2 is 0.955 bits per heavy atom. The van der Waals surface area contributed by atoms with E-state index in [2.05, 4.69) is 173 Å². The second-order valence-corrected chi connectivity index (χ2v) is 11.8. The Hall–Kier alpha value is -5.60. The Morgan fingerprint density at radius 3 is 1.57 bits per heavy atom. The highest BCUT2D eigenvalue weighted by Crippen LogP contribution is 2.39. The molecule has 0 fully saturated rings. The molecule has 0 saturated heterocycles. The second kappa shape index (κ2) is 10.00. The highest BCUT2D eigenvalue weighted by molar-refractivity contribution is 6.12. The summed E-state index contributed by atoms with van der Waals surface area (Å²) in [5, 5.41) is 5.13. The Balaban J connectivity index is 1.26. The van der Waals surface area contributed by atoms with Crippen LogP contribution in [0.5, 0.6) is 0 Å². The number of allylic oxidation sites excluding steroid dienone is 4. The Bertz CT molecular complexity index is 2400. The van der Waals surface area contributed by atoms with Gasteiger partial charge in [-0.15, -0.1) is 0 Å². The standard InChI is InChI=1S/C42H30N2/c1-4-12-29(13-5-1)30-20-23-41-37(26-30)38-28-32(22-25-42(38)44(41)34-16-8-3-9-17-34)31-21-24-40-36(27-31)35-18-10-11-19-39(35)43(40)33-14-6-2-7-15-33/h1-12,14-29H,13H2. The molecule has 0 bridgehead atoms. The maximum Gasteiger partial charge on any atom is 0.0541 e. The molecule has 9 rings (SSSR count). The summed E-state index contributed by atoms with van der Waals surface area (Å²) in [5.41, 5.74) is 11.1. The third kappa shape index (κ3) is 3.88. The summed E-state index contributed by atoms with van der Waals surface area (Å²) in [6, 6.07) is 51.1. The smallest absolute Gasteiger partial charge is 0.0541 e. The van der Waals surface area contributed by atoms with Crippen molar-refractivity contribution in [3.8, 4) is 22.5 Å². The van der Waals surface area contributed by atoms with Gasteiger partial charge < -0.3 is 9.13 Å². The molecule has 0 spiro atoms. The molecule has 6 aromatic carbocycles. The van der Waals surface area contributed by atoms with E-state index in [1.54, 1.807) is 0 Å². The lowest BCUT2D eigenvalue weighted by Gasteiger charge is -2.14. The number of hydrogen-bond donors (Lipinski definition) is 0. The van der Waals surface area contributed by atoms with Crippen LogP contribution < -0.4 is 0 Å². The third-order valence-electron chi connectivity index (χ3n) is 9.23. The fraction of sp³-hybridized carbons (Fsp3) is 0.0476. The first-order valence-electron chi connectivity index (χ1n) is 15.4. The Kier molecular flexibility index (Phi) is 5.67. The van der Waals surface area contributed by atoms with Crippen molar-refractivity contribution >= 4 is 43.6 Å². The summed E-state index contributed by atoms with van der Waals surface area (Å²) < 4.78 is 4.78. The number of aromatic nitrogens is 2. The average Bonchev–Trinajstić information content (AvgIpc) is 3.61. The van der Waals surface area contributed by atoms with Crippen LogP contribution in [0.3, 0.4) is 0 Å². The summed E-state index contributed by atoms with van der Waals surface area (Å²) in [6.07, 6.45) is 9.96. The molecule has 44 heavy (non-hydrogen) atoms. The molecule has 0 aliphatic heterocycles. The van der Waals surface area contributed by atoms with Gasteiger partial charge in [-0.25, -0.2) is 0 Å². The summed E-state index contributed by atoms with van der Waals surface area (Å²) in [7, 11) is 0. The molecule has 1 aliphatic rings. The van der Waals surface area contributed by atoms with E-state index in [4.69, 9.17) is 0 Å². The molecule has 208 valence electrons. The van der Waals surface area contributed by atoms with E-state index in [9.17, 15) is 0 Å². The van der Waals surface area contributed by atoms with Gasteiger partial charge in [-0.2, -0.15) is 0 Å². The van der Waals surface area contributed by atoms with Crippen molar-refractivity contribution in [2.75, 3.05) is 0 Å². The van der Waals surface area contributed by atoms with E-state index >= 15 is 0 Å². The highest BCUT2D eigenvalue weighted by atomic mass is 15.0. The van der Waals surface area contributed by atoms with Crippen molar-refractivity contribution in [1.82, 2.24) is 9.13 Å². The van der Waals surface area contributed by atoms with Crippen LogP contribution in [0.2, 0.25) is 0 Å². The molecule has 0 saturated carbocycles. The van der Waals surface area contributed by atoms with E-state index in [0.717, 1.165) is 6.42 Å². The summed E-state index contributed by atoms with van der Waals surface area (Å²) in [4.78, 5) is 0. The van der Waals surface area contributed by atoms with E-state index in [0.29, 0.717) is 5.92 Å².